The number of aromatic hydroxyl groups is 1. The summed E-state index contributed by atoms with van der Waals surface area (Å²) in [6.45, 7) is 5.96. The summed E-state index contributed by atoms with van der Waals surface area (Å²) in [7, 11) is 0. The lowest BCUT2D eigenvalue weighted by Gasteiger charge is -2.18. The van der Waals surface area contributed by atoms with Gasteiger partial charge < -0.3 is 19.9 Å². The molecule has 5 aromatic rings. The van der Waals surface area contributed by atoms with Crippen LogP contribution in [0.1, 0.15) is 56.0 Å². The first kappa shape index (κ1) is 36.6. The lowest BCUT2D eigenvalue weighted by Crippen LogP contribution is -2.44. The number of nitrogens with zero attached hydrogens (tertiary/aromatic N) is 4. The third-order valence-corrected chi connectivity index (χ3v) is 11.2. The number of hydrazine groups is 1. The van der Waals surface area contributed by atoms with E-state index in [2.05, 4.69) is 33.3 Å². The van der Waals surface area contributed by atoms with E-state index in [0.717, 1.165) is 26.6 Å². The largest absolute Gasteiger partial charge is 0.508 e. The van der Waals surface area contributed by atoms with Crippen molar-refractivity contribution in [2.75, 3.05) is 5.32 Å². The number of thiocarbonyl (C=S) groups is 1. The molecular weight excluding hydrogens is 774 g/mol. The van der Waals surface area contributed by atoms with Gasteiger partial charge in [0.15, 0.2) is 16.4 Å². The number of nitrogens with one attached hydrogen (secondary N) is 3. The highest BCUT2D eigenvalue weighted by Crippen LogP contribution is 2.43. The Kier molecular flexibility index (Phi) is 9.36. The number of aryl methyl sites for hydroxylation is 2. The molecular formula is C40H30ClN7O6S2. The molecule has 16 heteroatoms. The molecule has 0 radical (unpaired) electrons. The number of aromatic carboxylic acids is 1. The van der Waals surface area contributed by atoms with Crippen molar-refractivity contribution in [3.05, 3.63) is 133 Å². The van der Waals surface area contributed by atoms with Crippen LogP contribution in [0.3, 0.4) is 0 Å². The van der Waals surface area contributed by atoms with E-state index in [-0.39, 0.29) is 39.6 Å². The van der Waals surface area contributed by atoms with Gasteiger partial charge in [0.1, 0.15) is 34.0 Å². The predicted molar refractivity (Wildman–Crippen MR) is 219 cm³/mol. The number of aliphatic imine (C=N–C) groups is 1. The summed E-state index contributed by atoms with van der Waals surface area (Å²) in [5, 5.41) is 34.2. The minimum absolute atomic E-state index is 0.00573. The van der Waals surface area contributed by atoms with Gasteiger partial charge >= 0.3 is 5.97 Å². The Hall–Kier alpha value is -6.42. The number of amides is 1. The highest BCUT2D eigenvalue weighted by atomic mass is 35.5. The zero-order chi connectivity index (χ0) is 39.4. The van der Waals surface area contributed by atoms with Crippen LogP contribution in [0.25, 0.3) is 38.4 Å². The fourth-order valence-electron chi connectivity index (χ4n) is 6.81. The van der Waals surface area contributed by atoms with Crippen molar-refractivity contribution < 1.29 is 24.2 Å². The van der Waals surface area contributed by atoms with Crippen LogP contribution in [0, 0.1) is 20.8 Å². The Morgan fingerprint density at radius 2 is 1.71 bits per heavy atom. The van der Waals surface area contributed by atoms with Crippen molar-refractivity contribution in [1.82, 2.24) is 25.6 Å². The molecule has 3 aromatic carbocycles. The first-order valence-electron chi connectivity index (χ1n) is 17.2. The molecule has 0 saturated heterocycles. The fourth-order valence-corrected chi connectivity index (χ4v) is 8.32. The number of carboxylic acids is 1. The molecule has 1 aliphatic carbocycles. The smallest absolute Gasteiger partial charge is 0.336 e. The number of carbonyl (C=O) groups is 2. The van der Waals surface area contributed by atoms with Gasteiger partial charge in [0.05, 0.1) is 17.7 Å². The molecule has 1 atom stereocenters. The van der Waals surface area contributed by atoms with Gasteiger partial charge in [-0.3, -0.25) is 30.0 Å². The monoisotopic (exact) mass is 803 g/mol. The van der Waals surface area contributed by atoms with Gasteiger partial charge in [-0.2, -0.15) is 0 Å². The van der Waals surface area contributed by atoms with Crippen LogP contribution in [0.2, 0.25) is 5.02 Å². The number of anilines is 1. The lowest BCUT2D eigenvalue weighted by atomic mass is 9.90. The number of phenolic OH excluding ortho intramolecular Hbond substituents is 1. The third kappa shape index (κ3) is 6.65. The zero-order valence-corrected chi connectivity index (χ0v) is 32.2. The molecule has 4 heterocycles. The van der Waals surface area contributed by atoms with E-state index in [1.54, 1.807) is 47.7 Å². The van der Waals surface area contributed by atoms with Crippen molar-refractivity contribution in [3.63, 3.8) is 0 Å². The highest BCUT2D eigenvalue weighted by molar-refractivity contribution is 7.80. The predicted octanol–water partition coefficient (Wildman–Crippen LogP) is 7.49. The number of carboxylic acid groups (broad SMARTS) is 1. The maximum Gasteiger partial charge on any atom is 0.336 e. The molecule has 0 bridgehead atoms. The van der Waals surface area contributed by atoms with E-state index in [9.17, 15) is 24.6 Å². The van der Waals surface area contributed by atoms with Crippen LogP contribution in [0.4, 0.5) is 5.69 Å². The van der Waals surface area contributed by atoms with Gasteiger partial charge in [0.25, 0.3) is 0 Å². The first-order valence-corrected chi connectivity index (χ1v) is 18.8. The summed E-state index contributed by atoms with van der Waals surface area (Å²) in [6, 6.07) is 20.1. The Morgan fingerprint density at radius 3 is 2.48 bits per heavy atom. The van der Waals surface area contributed by atoms with Crippen LogP contribution in [0.5, 0.6) is 5.75 Å². The summed E-state index contributed by atoms with van der Waals surface area (Å²) in [5.74, 6) is -0.300. The van der Waals surface area contributed by atoms with Crippen LogP contribution in [-0.4, -0.2) is 47.7 Å². The van der Waals surface area contributed by atoms with Crippen molar-refractivity contribution >= 4 is 74.5 Å². The van der Waals surface area contributed by atoms with Crippen molar-refractivity contribution in [2.45, 2.75) is 33.2 Å². The van der Waals surface area contributed by atoms with Gasteiger partial charge in [-0.05, 0) is 92.6 Å². The minimum Gasteiger partial charge on any atom is -0.508 e. The summed E-state index contributed by atoms with van der Waals surface area (Å²) < 4.78 is 7.87. The van der Waals surface area contributed by atoms with Gasteiger partial charge in [0, 0.05) is 55.4 Å². The molecule has 280 valence electrons. The number of carbonyl (C=O) groups excluding carboxylic acids is 1. The maximum absolute atomic E-state index is 13.5. The third-order valence-electron chi connectivity index (χ3n) is 9.51. The quantitative estimate of drug-likeness (QED) is 0.0638. The van der Waals surface area contributed by atoms with Crippen LogP contribution < -0.4 is 21.6 Å². The molecule has 3 aliphatic rings. The molecule has 0 spiro atoms. The molecule has 2 aliphatic heterocycles. The van der Waals surface area contributed by atoms with E-state index in [1.807, 2.05) is 30.5 Å². The minimum atomic E-state index is -1.22. The van der Waals surface area contributed by atoms with Gasteiger partial charge in [-0.15, -0.1) is 21.5 Å². The molecule has 5 N–H and O–H groups in total. The van der Waals surface area contributed by atoms with E-state index in [4.69, 9.17) is 33.2 Å². The normalized spacial score (nSPS) is 13.4. The molecule has 8 rings (SSSR count). The van der Waals surface area contributed by atoms with E-state index >= 15 is 0 Å². The van der Waals surface area contributed by atoms with Crippen LogP contribution >= 0.6 is 35.2 Å². The molecule has 0 unspecified atom stereocenters. The number of phenols is 1. The second-order valence-corrected chi connectivity index (χ2v) is 15.2. The van der Waals surface area contributed by atoms with Crippen molar-refractivity contribution in [1.29, 1.82) is 0 Å². The average Bonchev–Trinajstić information content (AvgIpc) is 3.64. The number of hydrogen-bond donors (Lipinski definition) is 5. The van der Waals surface area contributed by atoms with E-state index in [0.29, 0.717) is 50.1 Å². The number of benzene rings is 4. The molecule has 0 saturated carbocycles. The number of fused-ring (bicyclic) bond motifs is 5. The lowest BCUT2D eigenvalue weighted by molar-refractivity contribution is -0.122. The van der Waals surface area contributed by atoms with E-state index < -0.39 is 17.9 Å². The Bertz CT molecular complexity index is 2830. The average molecular weight is 804 g/mol. The number of hydrogen-bond acceptors (Lipinski definition) is 10. The summed E-state index contributed by atoms with van der Waals surface area (Å²) in [4.78, 5) is 44.6. The molecule has 2 aromatic heterocycles. The molecule has 56 heavy (non-hydrogen) atoms. The van der Waals surface area contributed by atoms with Crippen molar-refractivity contribution in [3.8, 4) is 33.2 Å². The standard InChI is InChI=1S/C40H30ClN7O6S2/c1-18-19(2)56-38-34(18)36(21-4-6-22(41)7-5-21)43-30(37-46-44-20(3)48(37)38)17-33(51)45-47-40(55)42-23-8-11-26(29(14-23)39(52)53)35-27-12-9-24(49)15-31(27)54-32-16-25(50)10-13-28(32)35/h4-16,30,49H,17H2,1-3H3,(H,45,51)(H,52,53)(H2,42,47,55)/t30-/m1/s1. The topological polar surface area (TPSA) is 184 Å². The molecule has 13 nitrogen and oxygen atoms in total. The Morgan fingerprint density at radius 1 is 0.946 bits per heavy atom. The number of rotatable bonds is 6. The van der Waals surface area contributed by atoms with Gasteiger partial charge in [-0.1, -0.05) is 29.8 Å². The molecule has 0 fully saturated rings. The number of aromatic nitrogens is 3. The van der Waals surface area contributed by atoms with E-state index in [1.165, 1.54) is 30.3 Å². The highest BCUT2D eigenvalue weighted by Gasteiger charge is 2.32. The summed E-state index contributed by atoms with van der Waals surface area (Å²) in [6.07, 6.45) is -0.105. The fraction of sp³-hybridized carbons (Fsp3) is 0.125. The SMILES string of the molecule is Cc1sc2c(c1C)C(c1ccc(Cl)cc1)=N[C@H](CC(=O)NNC(=S)Nc1ccc(-c3c4ccc(=O)cc-4oc4cc(O)ccc34)c(C(=O)O)c1)c1nnc(C)n1-2. The Labute approximate surface area is 332 Å². The van der Waals surface area contributed by atoms with Crippen LogP contribution in [-0.2, 0) is 4.79 Å². The van der Waals surface area contributed by atoms with Crippen LogP contribution in [0.15, 0.2) is 93.1 Å². The second kappa shape index (κ2) is 14.3. The summed E-state index contributed by atoms with van der Waals surface area (Å²) >= 11 is 13.3. The summed E-state index contributed by atoms with van der Waals surface area (Å²) in [5.41, 5.74) is 10.5. The second-order valence-electron chi connectivity index (χ2n) is 13.1. The van der Waals surface area contributed by atoms with Crippen molar-refractivity contribution in [2.24, 2.45) is 4.99 Å². The molecule has 1 amide bonds. The first-order chi connectivity index (χ1) is 26.9. The Balaban J connectivity index is 1.04. The van der Waals surface area contributed by atoms with Gasteiger partial charge in [0.2, 0.25) is 5.91 Å². The maximum atomic E-state index is 13.5. The zero-order valence-electron chi connectivity index (χ0n) is 29.8. The van der Waals surface area contributed by atoms with Gasteiger partial charge in [-0.25, -0.2) is 4.79 Å². The number of thiophene rings is 1. The number of halogens is 1.